The molecule has 1 aromatic carbocycles. The van der Waals surface area contributed by atoms with Gasteiger partial charge in [-0.2, -0.15) is 8.42 Å². The van der Waals surface area contributed by atoms with Crippen LogP contribution in [0.3, 0.4) is 0 Å². The summed E-state index contributed by atoms with van der Waals surface area (Å²) >= 11 is 0. The normalized spacial score (nSPS) is 12.2. The molecule has 150 valence electrons. The predicted molar refractivity (Wildman–Crippen MR) is 107 cm³/mol. The maximum Gasteiger partial charge on any atom is 0.488 e. The van der Waals surface area contributed by atoms with Gasteiger partial charge in [-0.05, 0) is 47.1 Å². The Bertz CT molecular complexity index is 926. The van der Waals surface area contributed by atoms with E-state index in [-0.39, 0.29) is 16.9 Å². The van der Waals surface area contributed by atoms with Crippen LogP contribution in [0, 0.1) is 32.2 Å². The molecule has 0 radical (unpaired) electrons. The average Bonchev–Trinajstić information content (AvgIpc) is 2.39. The molecular formula is C19H27FO5SSi. The molecule has 27 heavy (non-hydrogen) atoms. The third-order valence-electron chi connectivity index (χ3n) is 3.53. The Kier molecular flexibility index (Phi) is 6.56. The highest BCUT2D eigenvalue weighted by atomic mass is 32.3. The summed E-state index contributed by atoms with van der Waals surface area (Å²) in [5.41, 5.74) is 4.12. The van der Waals surface area contributed by atoms with Crippen LogP contribution in [-0.2, 0) is 15.2 Å². The lowest BCUT2D eigenvalue weighted by Crippen LogP contribution is -2.25. The van der Waals surface area contributed by atoms with Crippen LogP contribution in [0.2, 0.25) is 19.6 Å². The highest BCUT2D eigenvalue weighted by molar-refractivity contribution is 7.81. The second kappa shape index (κ2) is 7.64. The van der Waals surface area contributed by atoms with Crippen LogP contribution >= 0.6 is 0 Å². The van der Waals surface area contributed by atoms with Crippen molar-refractivity contribution in [3.63, 3.8) is 0 Å². The van der Waals surface area contributed by atoms with Gasteiger partial charge >= 0.3 is 16.5 Å². The zero-order chi connectivity index (χ0) is 21.4. The van der Waals surface area contributed by atoms with Gasteiger partial charge in [-0.25, -0.2) is 4.79 Å². The molecule has 0 aliphatic carbocycles. The number of esters is 1. The fourth-order valence-electron chi connectivity index (χ4n) is 2.49. The Balaban J connectivity index is 3.83. The van der Waals surface area contributed by atoms with Gasteiger partial charge in [-0.15, -0.1) is 5.54 Å². The molecule has 0 saturated heterocycles. The highest BCUT2D eigenvalue weighted by Gasteiger charge is 2.28. The number of rotatable bonds is 3. The zero-order valence-electron chi connectivity index (χ0n) is 17.3. The standard InChI is InChI=1S/C19H27FO5SSi/c1-12-15(10-11-27(7,8)9)13(2)17(25-26(20,22)23)14(3)16(12)18(21)24-19(4,5)6/h1-9H3. The Morgan fingerprint density at radius 3 is 1.96 bits per heavy atom. The van der Waals surface area contributed by atoms with Crippen molar-refractivity contribution in [2.75, 3.05) is 0 Å². The minimum Gasteiger partial charge on any atom is -0.456 e. The van der Waals surface area contributed by atoms with Crippen LogP contribution in [0.5, 0.6) is 5.75 Å². The number of hydrogen-bond acceptors (Lipinski definition) is 5. The largest absolute Gasteiger partial charge is 0.488 e. The van der Waals surface area contributed by atoms with Crippen LogP contribution in [0.4, 0.5) is 3.89 Å². The maximum absolute atomic E-state index is 13.3. The van der Waals surface area contributed by atoms with E-state index < -0.39 is 30.1 Å². The molecule has 1 aromatic rings. The minimum atomic E-state index is -5.26. The van der Waals surface area contributed by atoms with E-state index in [0.29, 0.717) is 16.7 Å². The van der Waals surface area contributed by atoms with Crippen LogP contribution in [-0.4, -0.2) is 28.1 Å². The van der Waals surface area contributed by atoms with Gasteiger partial charge < -0.3 is 8.92 Å². The van der Waals surface area contributed by atoms with E-state index in [1.165, 1.54) is 6.92 Å². The fraction of sp³-hybridized carbons (Fsp3) is 0.526. The molecule has 0 aliphatic heterocycles. The quantitative estimate of drug-likeness (QED) is 0.318. The minimum absolute atomic E-state index is 0.133. The summed E-state index contributed by atoms with van der Waals surface area (Å²) in [4.78, 5) is 12.7. The molecule has 0 aromatic heterocycles. The number of carbonyl (C=O) groups is 1. The molecule has 0 unspecified atom stereocenters. The van der Waals surface area contributed by atoms with E-state index in [1.54, 1.807) is 34.6 Å². The second-order valence-electron chi connectivity index (χ2n) is 8.43. The van der Waals surface area contributed by atoms with Gasteiger partial charge in [0.05, 0.1) is 5.56 Å². The molecule has 0 bridgehead atoms. The van der Waals surface area contributed by atoms with Crippen molar-refractivity contribution in [2.45, 2.75) is 66.8 Å². The Labute approximate surface area is 162 Å². The molecule has 0 amide bonds. The van der Waals surface area contributed by atoms with Crippen molar-refractivity contribution < 1.29 is 26.0 Å². The molecule has 0 spiro atoms. The summed E-state index contributed by atoms with van der Waals surface area (Å²) in [5.74, 6) is 2.16. The molecule has 1 rings (SSSR count). The molecule has 0 heterocycles. The lowest BCUT2D eigenvalue weighted by atomic mass is 9.92. The maximum atomic E-state index is 13.3. The van der Waals surface area contributed by atoms with E-state index in [1.807, 2.05) is 0 Å². The van der Waals surface area contributed by atoms with Crippen LogP contribution < -0.4 is 4.18 Å². The topological polar surface area (TPSA) is 69.7 Å². The number of hydrogen-bond donors (Lipinski definition) is 0. The third kappa shape index (κ3) is 6.67. The van der Waals surface area contributed by atoms with Crippen molar-refractivity contribution >= 4 is 24.5 Å². The molecule has 0 aliphatic rings. The second-order valence-corrected chi connectivity index (χ2v) is 14.1. The first-order valence-corrected chi connectivity index (χ1v) is 13.3. The zero-order valence-corrected chi connectivity index (χ0v) is 19.1. The van der Waals surface area contributed by atoms with E-state index >= 15 is 0 Å². The van der Waals surface area contributed by atoms with Crippen molar-refractivity contribution in [1.29, 1.82) is 0 Å². The monoisotopic (exact) mass is 414 g/mol. The van der Waals surface area contributed by atoms with Gasteiger partial charge in [0, 0.05) is 16.7 Å². The molecule has 0 atom stereocenters. The van der Waals surface area contributed by atoms with E-state index in [4.69, 9.17) is 4.74 Å². The molecule has 0 N–H and O–H groups in total. The molecule has 5 nitrogen and oxygen atoms in total. The van der Waals surface area contributed by atoms with Crippen LogP contribution in [0.1, 0.15) is 53.4 Å². The highest BCUT2D eigenvalue weighted by Crippen LogP contribution is 2.35. The summed E-state index contributed by atoms with van der Waals surface area (Å²) in [6, 6.07) is 0. The number of benzene rings is 1. The molecule has 0 saturated carbocycles. The first-order valence-electron chi connectivity index (χ1n) is 8.47. The fourth-order valence-corrected chi connectivity index (χ4v) is 3.44. The van der Waals surface area contributed by atoms with Crippen molar-refractivity contribution in [1.82, 2.24) is 0 Å². The molecular weight excluding hydrogens is 387 g/mol. The summed E-state index contributed by atoms with van der Waals surface area (Å²) in [6.45, 7) is 16.1. The predicted octanol–water partition coefficient (Wildman–Crippen LogP) is 4.39. The Morgan fingerprint density at radius 2 is 1.56 bits per heavy atom. The first-order chi connectivity index (χ1) is 11.9. The lowest BCUT2D eigenvalue weighted by Gasteiger charge is -2.23. The summed E-state index contributed by atoms with van der Waals surface area (Å²) in [5, 5.41) is 0. The number of carbonyl (C=O) groups excluding carboxylic acids is 1. The molecule has 8 heteroatoms. The van der Waals surface area contributed by atoms with Crippen molar-refractivity contribution in [3.05, 3.63) is 27.8 Å². The van der Waals surface area contributed by atoms with E-state index in [2.05, 4.69) is 35.3 Å². The Morgan fingerprint density at radius 1 is 1.04 bits per heavy atom. The summed E-state index contributed by atoms with van der Waals surface area (Å²) in [7, 11) is -7.02. The SMILES string of the molecule is Cc1c(C#C[Si](C)(C)C)c(C)c(C(=O)OC(C)(C)C)c(C)c1OS(=O)(=O)F. The van der Waals surface area contributed by atoms with Gasteiger partial charge in [0.15, 0.2) is 5.75 Å². The smallest absolute Gasteiger partial charge is 0.456 e. The van der Waals surface area contributed by atoms with Crippen molar-refractivity contribution in [3.8, 4) is 17.2 Å². The van der Waals surface area contributed by atoms with Gasteiger partial charge in [0.2, 0.25) is 0 Å². The summed E-state index contributed by atoms with van der Waals surface area (Å²) in [6.07, 6.45) is 0. The Hall–Kier alpha value is -1.85. The number of ether oxygens (including phenoxy) is 1. The lowest BCUT2D eigenvalue weighted by molar-refractivity contribution is 0.00674. The van der Waals surface area contributed by atoms with Crippen LogP contribution in [0.25, 0.3) is 0 Å². The first kappa shape index (κ1) is 23.2. The van der Waals surface area contributed by atoms with Crippen LogP contribution in [0.15, 0.2) is 0 Å². The van der Waals surface area contributed by atoms with Gasteiger partial charge in [0.1, 0.15) is 13.7 Å². The van der Waals surface area contributed by atoms with Gasteiger partial charge in [-0.3, -0.25) is 0 Å². The van der Waals surface area contributed by atoms with Gasteiger partial charge in [0.25, 0.3) is 0 Å². The number of halogens is 1. The third-order valence-corrected chi connectivity index (χ3v) is 4.77. The summed E-state index contributed by atoms with van der Waals surface area (Å²) < 4.78 is 45.4. The van der Waals surface area contributed by atoms with E-state index in [9.17, 15) is 17.1 Å². The van der Waals surface area contributed by atoms with Crippen molar-refractivity contribution in [2.24, 2.45) is 0 Å². The average molecular weight is 415 g/mol. The van der Waals surface area contributed by atoms with Gasteiger partial charge in [-0.1, -0.05) is 29.4 Å². The van der Waals surface area contributed by atoms with E-state index in [0.717, 1.165) is 0 Å². The molecule has 0 fully saturated rings.